The molecule has 0 radical (unpaired) electrons. The Balaban J connectivity index is 1.80. The van der Waals surface area contributed by atoms with Gasteiger partial charge >= 0.3 is 0 Å². The zero-order chi connectivity index (χ0) is 14.9. The summed E-state index contributed by atoms with van der Waals surface area (Å²) in [5.41, 5.74) is 0.827. The van der Waals surface area contributed by atoms with Gasteiger partial charge in [-0.3, -0.25) is 4.79 Å². The lowest BCUT2D eigenvalue weighted by Crippen LogP contribution is -2.54. The molecular formula is C18H22N2O. The van der Waals surface area contributed by atoms with Crippen molar-refractivity contribution >= 4 is 16.7 Å². The third-order valence-electron chi connectivity index (χ3n) is 4.45. The Labute approximate surface area is 125 Å². The van der Waals surface area contributed by atoms with E-state index in [0.717, 1.165) is 35.8 Å². The summed E-state index contributed by atoms with van der Waals surface area (Å²) < 4.78 is 0. The van der Waals surface area contributed by atoms with Crippen LogP contribution in [-0.2, 0) is 0 Å². The zero-order valence-electron chi connectivity index (χ0n) is 12.6. The van der Waals surface area contributed by atoms with E-state index < -0.39 is 0 Å². The molecule has 1 aliphatic heterocycles. The molecule has 110 valence electrons. The maximum atomic E-state index is 12.5. The van der Waals surface area contributed by atoms with Crippen molar-refractivity contribution in [2.75, 3.05) is 13.1 Å². The van der Waals surface area contributed by atoms with Gasteiger partial charge in [0.2, 0.25) is 0 Å². The summed E-state index contributed by atoms with van der Waals surface area (Å²) in [4.78, 5) is 12.5. The maximum Gasteiger partial charge on any atom is 0.251 e. The Morgan fingerprint density at radius 3 is 2.71 bits per heavy atom. The Kier molecular flexibility index (Phi) is 3.68. The van der Waals surface area contributed by atoms with Crippen molar-refractivity contribution < 1.29 is 4.79 Å². The van der Waals surface area contributed by atoms with E-state index >= 15 is 0 Å². The summed E-state index contributed by atoms with van der Waals surface area (Å²) in [6.07, 6.45) is 0.978. The fourth-order valence-corrected chi connectivity index (χ4v) is 3.01. The monoisotopic (exact) mass is 282 g/mol. The van der Waals surface area contributed by atoms with Gasteiger partial charge in [-0.05, 0) is 41.3 Å². The molecule has 1 atom stereocenters. The molecule has 1 heterocycles. The number of nitrogens with one attached hydrogen (secondary N) is 2. The molecule has 0 bridgehead atoms. The van der Waals surface area contributed by atoms with Gasteiger partial charge in [0, 0.05) is 18.2 Å². The Morgan fingerprint density at radius 2 is 1.95 bits per heavy atom. The van der Waals surface area contributed by atoms with Crippen LogP contribution in [0.2, 0.25) is 0 Å². The van der Waals surface area contributed by atoms with Crippen LogP contribution >= 0.6 is 0 Å². The standard InChI is InChI=1S/C18H22N2O/c1-18(2)12-19-10-9-16(18)20-17(21)15-8-7-13-5-3-4-6-14(13)11-15/h3-8,11,16,19H,9-10,12H2,1-2H3,(H,20,21). The second-order valence-electron chi connectivity index (χ2n) is 6.54. The van der Waals surface area contributed by atoms with Crippen LogP contribution in [0.15, 0.2) is 42.5 Å². The minimum atomic E-state index is 0.0285. The molecule has 0 spiro atoms. The molecule has 2 aromatic rings. The number of benzene rings is 2. The lowest BCUT2D eigenvalue weighted by atomic mass is 9.80. The van der Waals surface area contributed by atoms with Crippen LogP contribution in [0.1, 0.15) is 30.6 Å². The van der Waals surface area contributed by atoms with Crippen molar-refractivity contribution in [3.05, 3.63) is 48.0 Å². The molecule has 1 saturated heterocycles. The average molecular weight is 282 g/mol. The molecule has 1 fully saturated rings. The van der Waals surface area contributed by atoms with Crippen molar-refractivity contribution in [1.29, 1.82) is 0 Å². The first kappa shape index (κ1) is 14.1. The molecule has 2 N–H and O–H groups in total. The third kappa shape index (κ3) is 2.93. The van der Waals surface area contributed by atoms with Crippen LogP contribution in [0.5, 0.6) is 0 Å². The highest BCUT2D eigenvalue weighted by Crippen LogP contribution is 2.25. The molecule has 0 aromatic heterocycles. The van der Waals surface area contributed by atoms with Gasteiger partial charge in [-0.1, -0.05) is 44.2 Å². The SMILES string of the molecule is CC1(C)CNCCC1NC(=O)c1ccc2ccccc2c1. The zero-order valence-corrected chi connectivity index (χ0v) is 12.6. The molecule has 0 aliphatic carbocycles. The van der Waals surface area contributed by atoms with Crippen molar-refractivity contribution in [2.24, 2.45) is 5.41 Å². The van der Waals surface area contributed by atoms with Crippen molar-refractivity contribution in [3.8, 4) is 0 Å². The third-order valence-corrected chi connectivity index (χ3v) is 4.45. The number of piperidine rings is 1. The van der Waals surface area contributed by atoms with Crippen molar-refractivity contribution in [1.82, 2.24) is 10.6 Å². The van der Waals surface area contributed by atoms with Gasteiger partial charge in [0.25, 0.3) is 5.91 Å². The van der Waals surface area contributed by atoms with E-state index in [4.69, 9.17) is 0 Å². The van der Waals surface area contributed by atoms with E-state index in [2.05, 4.69) is 30.5 Å². The van der Waals surface area contributed by atoms with Crippen molar-refractivity contribution in [2.45, 2.75) is 26.3 Å². The van der Waals surface area contributed by atoms with Gasteiger partial charge in [0.15, 0.2) is 0 Å². The molecular weight excluding hydrogens is 260 g/mol. The first-order valence-electron chi connectivity index (χ1n) is 7.57. The Hall–Kier alpha value is -1.87. The highest BCUT2D eigenvalue weighted by atomic mass is 16.1. The fraction of sp³-hybridized carbons (Fsp3) is 0.389. The minimum Gasteiger partial charge on any atom is -0.349 e. The number of rotatable bonds is 2. The van der Waals surface area contributed by atoms with E-state index in [1.807, 2.05) is 36.4 Å². The van der Waals surface area contributed by atoms with Gasteiger partial charge < -0.3 is 10.6 Å². The number of fused-ring (bicyclic) bond motifs is 1. The molecule has 1 unspecified atom stereocenters. The van der Waals surface area contributed by atoms with Crippen LogP contribution in [-0.4, -0.2) is 25.0 Å². The normalized spacial score (nSPS) is 21.1. The lowest BCUT2D eigenvalue weighted by Gasteiger charge is -2.39. The van der Waals surface area contributed by atoms with E-state index in [1.165, 1.54) is 0 Å². The second-order valence-corrected chi connectivity index (χ2v) is 6.54. The highest BCUT2D eigenvalue weighted by molar-refractivity contribution is 5.98. The van der Waals surface area contributed by atoms with Crippen LogP contribution < -0.4 is 10.6 Å². The summed E-state index contributed by atoms with van der Waals surface area (Å²) >= 11 is 0. The smallest absolute Gasteiger partial charge is 0.251 e. The Bertz CT molecular complexity index is 663. The van der Waals surface area contributed by atoms with E-state index in [9.17, 15) is 4.79 Å². The van der Waals surface area contributed by atoms with E-state index in [-0.39, 0.29) is 17.4 Å². The summed E-state index contributed by atoms with van der Waals surface area (Å²) in [5.74, 6) is 0.0285. The van der Waals surface area contributed by atoms with Crippen LogP contribution in [0.3, 0.4) is 0 Å². The van der Waals surface area contributed by atoms with Crippen LogP contribution in [0.4, 0.5) is 0 Å². The predicted octanol–water partition coefficient (Wildman–Crippen LogP) is 2.96. The quantitative estimate of drug-likeness (QED) is 0.889. The second kappa shape index (κ2) is 5.49. The Morgan fingerprint density at radius 1 is 1.19 bits per heavy atom. The molecule has 3 heteroatoms. The van der Waals surface area contributed by atoms with Gasteiger partial charge in [0.05, 0.1) is 0 Å². The lowest BCUT2D eigenvalue weighted by molar-refractivity contribution is 0.0869. The van der Waals surface area contributed by atoms with Gasteiger partial charge in [0.1, 0.15) is 0 Å². The summed E-state index contributed by atoms with van der Waals surface area (Å²) in [6, 6.07) is 14.2. The molecule has 3 rings (SSSR count). The number of carbonyl (C=O) groups excluding carboxylic acids is 1. The number of hydrogen-bond donors (Lipinski definition) is 2. The first-order chi connectivity index (χ1) is 10.1. The first-order valence-corrected chi connectivity index (χ1v) is 7.57. The van der Waals surface area contributed by atoms with Crippen LogP contribution in [0, 0.1) is 5.41 Å². The van der Waals surface area contributed by atoms with Gasteiger partial charge in [-0.25, -0.2) is 0 Å². The number of amides is 1. The van der Waals surface area contributed by atoms with Crippen molar-refractivity contribution in [3.63, 3.8) is 0 Å². The summed E-state index contributed by atoms with van der Waals surface area (Å²) in [7, 11) is 0. The van der Waals surface area contributed by atoms with Gasteiger partial charge in [-0.15, -0.1) is 0 Å². The minimum absolute atomic E-state index is 0.0285. The summed E-state index contributed by atoms with van der Waals surface area (Å²) in [6.45, 7) is 6.30. The number of carbonyl (C=O) groups is 1. The number of hydrogen-bond acceptors (Lipinski definition) is 2. The fourth-order valence-electron chi connectivity index (χ4n) is 3.01. The molecule has 1 amide bonds. The molecule has 0 saturated carbocycles. The highest BCUT2D eigenvalue weighted by Gasteiger charge is 2.33. The molecule has 3 nitrogen and oxygen atoms in total. The maximum absolute atomic E-state index is 12.5. The average Bonchev–Trinajstić information content (AvgIpc) is 2.48. The predicted molar refractivity (Wildman–Crippen MR) is 86.5 cm³/mol. The van der Waals surface area contributed by atoms with E-state index in [1.54, 1.807) is 0 Å². The molecule has 1 aliphatic rings. The largest absolute Gasteiger partial charge is 0.349 e. The van der Waals surface area contributed by atoms with Gasteiger partial charge in [-0.2, -0.15) is 0 Å². The van der Waals surface area contributed by atoms with E-state index in [0.29, 0.717) is 0 Å². The molecule has 2 aromatic carbocycles. The molecule has 21 heavy (non-hydrogen) atoms. The summed E-state index contributed by atoms with van der Waals surface area (Å²) in [5, 5.41) is 8.87. The van der Waals surface area contributed by atoms with Crippen LogP contribution in [0.25, 0.3) is 10.8 Å². The topological polar surface area (TPSA) is 41.1 Å².